The zero-order valence-electron chi connectivity index (χ0n) is 18.0. The van der Waals surface area contributed by atoms with Gasteiger partial charge in [-0.05, 0) is 43.0 Å². The zero-order valence-corrected chi connectivity index (χ0v) is 18.0. The first kappa shape index (κ1) is 22.2. The van der Waals surface area contributed by atoms with Crippen LogP contribution in [0.15, 0.2) is 36.7 Å². The molecule has 1 saturated carbocycles. The number of nitrogens with one attached hydrogen (secondary N) is 1. The predicted octanol–water partition coefficient (Wildman–Crippen LogP) is 3.63. The number of anilines is 1. The van der Waals surface area contributed by atoms with Gasteiger partial charge in [0.25, 0.3) is 0 Å². The Bertz CT molecular complexity index is 1280. The third kappa shape index (κ3) is 4.97. The summed E-state index contributed by atoms with van der Waals surface area (Å²) in [6.45, 7) is -0.520. The maximum absolute atomic E-state index is 12.7. The summed E-state index contributed by atoms with van der Waals surface area (Å²) in [4.78, 5) is 17.4. The number of nitriles is 1. The van der Waals surface area contributed by atoms with Crippen LogP contribution in [0.25, 0.3) is 16.6 Å². The van der Waals surface area contributed by atoms with Gasteiger partial charge in [0, 0.05) is 36.8 Å². The number of hydrogen-bond acceptors (Lipinski definition) is 6. The molecule has 1 atom stereocenters. The largest absolute Gasteiger partial charge is 0.487 e. The average molecular weight is 470 g/mol. The first-order chi connectivity index (χ1) is 16.3. The van der Waals surface area contributed by atoms with Crippen molar-refractivity contribution in [3.63, 3.8) is 0 Å². The fourth-order valence-corrected chi connectivity index (χ4v) is 4.09. The molecule has 8 nitrogen and oxygen atoms in total. The molecule has 0 spiro atoms. The molecule has 5 rings (SSSR count). The highest BCUT2D eigenvalue weighted by atomic mass is 19.4. The van der Waals surface area contributed by atoms with Gasteiger partial charge in [-0.3, -0.25) is 9.69 Å². The van der Waals surface area contributed by atoms with E-state index in [1.165, 1.54) is 11.1 Å². The van der Waals surface area contributed by atoms with E-state index in [9.17, 15) is 23.2 Å². The highest BCUT2D eigenvalue weighted by Gasteiger charge is 2.35. The lowest BCUT2D eigenvalue weighted by molar-refractivity contribution is -0.144. The number of amides is 1. The fraction of sp³-hybridized carbons (Fsp3) is 0.391. The highest BCUT2D eigenvalue weighted by Crippen LogP contribution is 2.34. The van der Waals surface area contributed by atoms with E-state index in [1.54, 1.807) is 28.9 Å². The number of likely N-dealkylation sites (tertiary alicyclic amines) is 1. The van der Waals surface area contributed by atoms with E-state index in [0.29, 0.717) is 30.1 Å². The lowest BCUT2D eigenvalue weighted by atomic mass is 10.1. The van der Waals surface area contributed by atoms with Crippen LogP contribution in [0.5, 0.6) is 5.75 Å². The number of pyridine rings is 2. The SMILES string of the molecule is N#Cc1cc(-c2ccn3nc(NC(=O)C4CC4)cc3c2)c(O[C@@H]2CCN(CC(F)(F)F)C2)cn1. The monoisotopic (exact) mass is 470 g/mol. The molecule has 0 aromatic carbocycles. The second-order valence-electron chi connectivity index (χ2n) is 8.63. The highest BCUT2D eigenvalue weighted by molar-refractivity contribution is 5.93. The molecule has 1 N–H and O–H groups in total. The molecule has 1 aliphatic heterocycles. The first-order valence-corrected chi connectivity index (χ1v) is 10.9. The summed E-state index contributed by atoms with van der Waals surface area (Å²) in [5.41, 5.74) is 2.25. The number of ether oxygens (including phenoxy) is 1. The molecular weight excluding hydrogens is 449 g/mol. The third-order valence-electron chi connectivity index (χ3n) is 5.88. The summed E-state index contributed by atoms with van der Waals surface area (Å²) in [5, 5.41) is 16.5. The van der Waals surface area contributed by atoms with E-state index < -0.39 is 18.8 Å². The predicted molar refractivity (Wildman–Crippen MR) is 116 cm³/mol. The summed E-state index contributed by atoms with van der Waals surface area (Å²) in [7, 11) is 0. The molecule has 2 aliphatic rings. The van der Waals surface area contributed by atoms with Crippen molar-refractivity contribution in [1.29, 1.82) is 5.26 Å². The number of alkyl halides is 3. The minimum absolute atomic E-state index is 0.0387. The lowest BCUT2D eigenvalue weighted by Crippen LogP contribution is -2.33. The van der Waals surface area contributed by atoms with E-state index in [4.69, 9.17) is 4.74 Å². The molecule has 1 amide bonds. The van der Waals surface area contributed by atoms with Gasteiger partial charge in [-0.2, -0.15) is 23.5 Å². The number of fused-ring (bicyclic) bond motifs is 1. The van der Waals surface area contributed by atoms with Gasteiger partial charge in [0.1, 0.15) is 23.6 Å². The van der Waals surface area contributed by atoms with Crippen LogP contribution in [0, 0.1) is 17.2 Å². The quantitative estimate of drug-likeness (QED) is 0.591. The minimum atomic E-state index is -4.26. The number of carbonyl (C=O) groups is 1. The molecule has 3 aromatic heterocycles. The van der Waals surface area contributed by atoms with Gasteiger partial charge in [0.2, 0.25) is 5.91 Å². The Morgan fingerprint density at radius 2 is 2.09 bits per heavy atom. The summed E-state index contributed by atoms with van der Waals surface area (Å²) in [6.07, 6.45) is 0.735. The topological polar surface area (TPSA) is 95.5 Å². The molecule has 4 heterocycles. The lowest BCUT2D eigenvalue weighted by Gasteiger charge is -2.19. The maximum Gasteiger partial charge on any atom is 0.401 e. The minimum Gasteiger partial charge on any atom is -0.487 e. The molecule has 3 aromatic rings. The number of halogens is 3. The van der Waals surface area contributed by atoms with E-state index >= 15 is 0 Å². The van der Waals surface area contributed by atoms with Crippen LogP contribution in [0.3, 0.4) is 0 Å². The van der Waals surface area contributed by atoms with Crippen LogP contribution in [-0.2, 0) is 4.79 Å². The standard InChI is InChI=1S/C23H21F3N6O2/c24-23(25,26)13-31-5-4-18(12-31)34-20-11-28-16(10-27)8-19(20)15-3-6-32-17(7-15)9-21(30-32)29-22(33)14-1-2-14/h3,6-9,11,14,18H,1-2,4-5,12-13H2,(H,29,30,33)/t18-/m1/s1. The molecule has 176 valence electrons. The average Bonchev–Trinajstić information content (AvgIpc) is 3.44. The van der Waals surface area contributed by atoms with Crippen molar-refractivity contribution < 1.29 is 22.7 Å². The number of aromatic nitrogens is 3. The van der Waals surface area contributed by atoms with Gasteiger partial charge in [0.05, 0.1) is 18.3 Å². The van der Waals surface area contributed by atoms with Crippen LogP contribution < -0.4 is 10.1 Å². The second kappa shape index (κ2) is 8.61. The summed E-state index contributed by atoms with van der Waals surface area (Å²) in [5.74, 6) is 0.866. The summed E-state index contributed by atoms with van der Waals surface area (Å²) in [6, 6.07) is 8.98. The number of nitrogens with zero attached hydrogens (tertiary/aromatic N) is 5. The third-order valence-corrected chi connectivity index (χ3v) is 5.88. The van der Waals surface area contributed by atoms with Crippen LogP contribution in [0.1, 0.15) is 25.0 Å². The Kier molecular flexibility index (Phi) is 5.61. The van der Waals surface area contributed by atoms with E-state index in [0.717, 1.165) is 23.9 Å². The van der Waals surface area contributed by atoms with E-state index in [2.05, 4.69) is 15.4 Å². The molecule has 34 heavy (non-hydrogen) atoms. The maximum atomic E-state index is 12.7. The normalized spacial score (nSPS) is 18.7. The van der Waals surface area contributed by atoms with E-state index in [-0.39, 0.29) is 24.1 Å². The van der Waals surface area contributed by atoms with E-state index in [1.807, 2.05) is 12.1 Å². The first-order valence-electron chi connectivity index (χ1n) is 10.9. The van der Waals surface area contributed by atoms with Crippen molar-refractivity contribution in [2.24, 2.45) is 5.92 Å². The van der Waals surface area contributed by atoms with Crippen LogP contribution in [-0.4, -0.2) is 57.3 Å². The zero-order chi connectivity index (χ0) is 23.9. The van der Waals surface area contributed by atoms with Crippen molar-refractivity contribution in [2.75, 3.05) is 25.0 Å². The molecule has 11 heteroatoms. The molecule has 0 bridgehead atoms. The number of rotatable bonds is 6. The van der Waals surface area contributed by atoms with Gasteiger partial charge >= 0.3 is 6.18 Å². The molecular formula is C23H21F3N6O2. The molecule has 1 saturated heterocycles. The Balaban J connectivity index is 1.39. The van der Waals surface area contributed by atoms with Crippen LogP contribution in [0.4, 0.5) is 19.0 Å². The van der Waals surface area contributed by atoms with Crippen molar-refractivity contribution in [1.82, 2.24) is 19.5 Å². The van der Waals surface area contributed by atoms with Crippen molar-refractivity contribution in [2.45, 2.75) is 31.5 Å². The molecule has 2 fully saturated rings. The molecule has 0 unspecified atom stereocenters. The second-order valence-corrected chi connectivity index (χ2v) is 8.63. The molecule has 1 aliphatic carbocycles. The summed E-state index contributed by atoms with van der Waals surface area (Å²) < 4.78 is 45.8. The van der Waals surface area contributed by atoms with Gasteiger partial charge < -0.3 is 10.1 Å². The Morgan fingerprint density at radius 1 is 1.26 bits per heavy atom. The van der Waals surface area contributed by atoms with Crippen molar-refractivity contribution >= 4 is 17.2 Å². The molecule has 0 radical (unpaired) electrons. The van der Waals surface area contributed by atoms with Gasteiger partial charge in [0.15, 0.2) is 5.82 Å². The van der Waals surface area contributed by atoms with Gasteiger partial charge in [-0.15, -0.1) is 0 Å². The Labute approximate surface area is 192 Å². The van der Waals surface area contributed by atoms with Crippen molar-refractivity contribution in [3.8, 4) is 22.9 Å². The smallest absolute Gasteiger partial charge is 0.401 e. The van der Waals surface area contributed by atoms with Crippen LogP contribution in [0.2, 0.25) is 0 Å². The number of hydrogen-bond donors (Lipinski definition) is 1. The van der Waals surface area contributed by atoms with Crippen molar-refractivity contribution in [3.05, 3.63) is 42.4 Å². The van der Waals surface area contributed by atoms with Gasteiger partial charge in [-0.25, -0.2) is 9.50 Å². The van der Waals surface area contributed by atoms with Crippen LogP contribution >= 0.6 is 0 Å². The van der Waals surface area contributed by atoms with Gasteiger partial charge in [-0.1, -0.05) is 0 Å². The fourth-order valence-electron chi connectivity index (χ4n) is 4.09. The Hall–Kier alpha value is -3.65. The Morgan fingerprint density at radius 3 is 2.82 bits per heavy atom. The number of carbonyl (C=O) groups excluding carboxylic acids is 1. The summed E-state index contributed by atoms with van der Waals surface area (Å²) >= 11 is 0.